The molecular weight excluding hydrogens is 444 g/mol. The van der Waals surface area contributed by atoms with E-state index in [0.717, 1.165) is 16.7 Å². The topological polar surface area (TPSA) is 63.2 Å². The highest BCUT2D eigenvalue weighted by Crippen LogP contribution is 2.52. The molecule has 3 rings (SSSR count). The fourth-order valence-electron chi connectivity index (χ4n) is 3.40. The van der Waals surface area contributed by atoms with Gasteiger partial charge in [0.1, 0.15) is 5.75 Å². The van der Waals surface area contributed by atoms with E-state index in [1.807, 2.05) is 44.2 Å². The lowest BCUT2D eigenvalue weighted by molar-refractivity contribution is -0.134. The normalized spacial score (nSPS) is 10.7. The molecule has 0 fully saturated rings. The van der Waals surface area contributed by atoms with Crippen LogP contribution in [0.15, 0.2) is 42.5 Å². The van der Waals surface area contributed by atoms with Crippen LogP contribution in [0.2, 0.25) is 5.02 Å². The minimum atomic E-state index is -0.382. The first kappa shape index (κ1) is 24.5. The van der Waals surface area contributed by atoms with E-state index in [-0.39, 0.29) is 18.1 Å². The molecule has 6 nitrogen and oxygen atoms in total. The number of hydrogen-bond donors (Lipinski definition) is 0. The third-order valence-corrected chi connectivity index (χ3v) is 5.20. The second kappa shape index (κ2) is 11.7. The average Bonchev–Trinajstić information content (AvgIpc) is 2.83. The molecule has 0 saturated heterocycles. The first-order chi connectivity index (χ1) is 16.0. The Balaban J connectivity index is 2.06. The highest BCUT2D eigenvalue weighted by molar-refractivity contribution is 6.31. The van der Waals surface area contributed by atoms with Crippen molar-refractivity contribution in [3.63, 3.8) is 0 Å². The Hall–Kier alpha value is -3.12. The van der Waals surface area contributed by atoms with Gasteiger partial charge >= 0.3 is 5.97 Å². The van der Waals surface area contributed by atoms with E-state index in [1.54, 1.807) is 26.2 Å². The van der Waals surface area contributed by atoms with Crippen LogP contribution >= 0.6 is 11.6 Å². The Morgan fingerprint density at radius 1 is 0.818 bits per heavy atom. The third-order valence-electron chi connectivity index (χ3n) is 4.97. The number of benzene rings is 3. The lowest BCUT2D eigenvalue weighted by atomic mass is 10.1. The van der Waals surface area contributed by atoms with Gasteiger partial charge < -0.3 is 23.7 Å². The van der Waals surface area contributed by atoms with Crippen LogP contribution in [-0.2, 0) is 11.2 Å². The van der Waals surface area contributed by atoms with Crippen molar-refractivity contribution in [2.24, 2.45) is 0 Å². The van der Waals surface area contributed by atoms with Gasteiger partial charge in [-0.15, -0.1) is 0 Å². The summed E-state index contributed by atoms with van der Waals surface area (Å²) in [6.07, 6.45) is 0.902. The van der Waals surface area contributed by atoms with Crippen LogP contribution in [0.5, 0.6) is 28.7 Å². The lowest BCUT2D eigenvalue weighted by Crippen LogP contribution is -2.11. The zero-order valence-electron chi connectivity index (χ0n) is 19.4. The number of fused-ring (bicyclic) bond motifs is 1. The SMILES string of the molecule is CCOc1c(OCC)c(OC(=O)CC)c2cc(Cl)ccc2c1OCCc1ccc(OC)cc1. The minimum absolute atomic E-state index is 0.220. The quantitative estimate of drug-likeness (QED) is 0.243. The van der Waals surface area contributed by atoms with Crippen molar-refractivity contribution in [3.05, 3.63) is 53.1 Å². The molecule has 33 heavy (non-hydrogen) atoms. The van der Waals surface area contributed by atoms with E-state index in [9.17, 15) is 4.79 Å². The van der Waals surface area contributed by atoms with Gasteiger partial charge in [0, 0.05) is 28.6 Å². The number of ether oxygens (including phenoxy) is 5. The van der Waals surface area contributed by atoms with E-state index in [0.29, 0.717) is 53.9 Å². The molecule has 0 unspecified atom stereocenters. The summed E-state index contributed by atoms with van der Waals surface area (Å²) in [6, 6.07) is 13.2. The van der Waals surface area contributed by atoms with E-state index >= 15 is 0 Å². The zero-order chi connectivity index (χ0) is 23.8. The summed E-state index contributed by atoms with van der Waals surface area (Å²) in [6.45, 7) is 6.61. The van der Waals surface area contributed by atoms with Gasteiger partial charge in [0.05, 0.1) is 26.9 Å². The molecule has 0 bridgehead atoms. The van der Waals surface area contributed by atoms with Crippen molar-refractivity contribution >= 4 is 28.3 Å². The second-order valence-corrected chi connectivity index (χ2v) is 7.58. The summed E-state index contributed by atoms with van der Waals surface area (Å²) in [5.41, 5.74) is 1.11. The monoisotopic (exact) mass is 472 g/mol. The minimum Gasteiger partial charge on any atom is -0.497 e. The Bertz CT molecular complexity index is 1090. The molecular formula is C26H29ClO6. The summed E-state index contributed by atoms with van der Waals surface area (Å²) >= 11 is 6.29. The predicted octanol–water partition coefficient (Wildman–Crippen LogP) is 6.24. The smallest absolute Gasteiger partial charge is 0.311 e. The average molecular weight is 473 g/mol. The summed E-state index contributed by atoms with van der Waals surface area (Å²) in [5, 5.41) is 1.85. The molecule has 0 amide bonds. The number of rotatable bonds is 11. The van der Waals surface area contributed by atoms with E-state index in [2.05, 4.69) is 0 Å². The van der Waals surface area contributed by atoms with Gasteiger partial charge in [-0.1, -0.05) is 30.7 Å². The van der Waals surface area contributed by atoms with E-state index in [1.165, 1.54) is 0 Å². The van der Waals surface area contributed by atoms with Crippen molar-refractivity contribution in [2.45, 2.75) is 33.6 Å². The predicted molar refractivity (Wildman–Crippen MR) is 129 cm³/mol. The lowest BCUT2D eigenvalue weighted by Gasteiger charge is -2.21. The number of methoxy groups -OCH3 is 1. The molecule has 0 aliphatic rings. The van der Waals surface area contributed by atoms with Gasteiger partial charge in [-0.05, 0) is 49.7 Å². The summed E-state index contributed by atoms with van der Waals surface area (Å²) < 4.78 is 29.0. The van der Waals surface area contributed by atoms with E-state index < -0.39 is 0 Å². The third kappa shape index (κ3) is 5.82. The number of carbonyl (C=O) groups is 1. The molecule has 0 spiro atoms. The van der Waals surface area contributed by atoms with Crippen LogP contribution in [0.25, 0.3) is 10.8 Å². The van der Waals surface area contributed by atoms with Crippen LogP contribution in [0.3, 0.4) is 0 Å². The molecule has 0 radical (unpaired) electrons. The fraction of sp³-hybridized carbons (Fsp3) is 0.346. The van der Waals surface area contributed by atoms with Gasteiger partial charge in [0.2, 0.25) is 11.5 Å². The van der Waals surface area contributed by atoms with Crippen molar-refractivity contribution in [1.29, 1.82) is 0 Å². The number of carbonyl (C=O) groups excluding carboxylic acids is 1. The Morgan fingerprint density at radius 3 is 2.09 bits per heavy atom. The van der Waals surface area contributed by atoms with Gasteiger partial charge in [0.15, 0.2) is 11.5 Å². The van der Waals surface area contributed by atoms with Crippen LogP contribution in [0, 0.1) is 0 Å². The summed E-state index contributed by atoms with van der Waals surface area (Å²) in [5.74, 6) is 1.97. The van der Waals surface area contributed by atoms with Crippen molar-refractivity contribution < 1.29 is 28.5 Å². The summed E-state index contributed by atoms with van der Waals surface area (Å²) in [7, 11) is 1.64. The Kier molecular flexibility index (Phi) is 8.66. The van der Waals surface area contributed by atoms with Gasteiger partial charge in [-0.3, -0.25) is 4.79 Å². The molecule has 7 heteroatoms. The maximum Gasteiger partial charge on any atom is 0.311 e. The van der Waals surface area contributed by atoms with Gasteiger partial charge in [-0.2, -0.15) is 0 Å². The Morgan fingerprint density at radius 2 is 1.48 bits per heavy atom. The second-order valence-electron chi connectivity index (χ2n) is 7.15. The van der Waals surface area contributed by atoms with Crippen molar-refractivity contribution in [1.82, 2.24) is 0 Å². The van der Waals surface area contributed by atoms with Gasteiger partial charge in [-0.25, -0.2) is 0 Å². The number of esters is 1. The summed E-state index contributed by atoms with van der Waals surface area (Å²) in [4.78, 5) is 12.2. The molecule has 3 aromatic carbocycles. The largest absolute Gasteiger partial charge is 0.497 e. The highest BCUT2D eigenvalue weighted by Gasteiger charge is 2.26. The standard InChI is InChI=1S/C26H29ClO6/c1-5-22(28)33-24-21-16-18(27)10-13-20(21)23(25(30-6-2)26(24)31-7-3)32-15-14-17-8-11-19(29-4)12-9-17/h8-13,16H,5-7,14-15H2,1-4H3. The molecule has 0 aliphatic carbocycles. The van der Waals surface area contributed by atoms with E-state index in [4.69, 9.17) is 35.3 Å². The molecule has 0 aromatic heterocycles. The molecule has 0 aliphatic heterocycles. The molecule has 176 valence electrons. The van der Waals surface area contributed by atoms with Crippen LogP contribution in [0.1, 0.15) is 32.8 Å². The van der Waals surface area contributed by atoms with Crippen molar-refractivity contribution in [3.8, 4) is 28.7 Å². The molecule has 0 N–H and O–H groups in total. The van der Waals surface area contributed by atoms with Gasteiger partial charge in [0.25, 0.3) is 0 Å². The molecule has 0 saturated carbocycles. The fourth-order valence-corrected chi connectivity index (χ4v) is 3.57. The highest BCUT2D eigenvalue weighted by atomic mass is 35.5. The first-order valence-corrected chi connectivity index (χ1v) is 11.4. The van der Waals surface area contributed by atoms with Crippen LogP contribution in [0.4, 0.5) is 0 Å². The molecule has 0 atom stereocenters. The molecule has 3 aromatic rings. The number of hydrogen-bond acceptors (Lipinski definition) is 6. The first-order valence-electron chi connectivity index (χ1n) is 11.0. The maximum atomic E-state index is 12.2. The zero-order valence-corrected chi connectivity index (χ0v) is 20.2. The maximum absolute atomic E-state index is 12.2. The van der Waals surface area contributed by atoms with Crippen molar-refractivity contribution in [2.75, 3.05) is 26.9 Å². The van der Waals surface area contributed by atoms with Crippen LogP contribution < -0.4 is 23.7 Å². The number of halogens is 1. The van der Waals surface area contributed by atoms with Crippen LogP contribution in [-0.4, -0.2) is 32.9 Å². The molecule has 0 heterocycles. The Labute approximate surface area is 199 Å².